The average Bonchev–Trinajstić information content (AvgIpc) is 2.91. The molecule has 1 unspecified atom stereocenters. The number of hydrogen-bond donors (Lipinski definition) is 2. The Kier molecular flexibility index (Phi) is 6.65. The van der Waals surface area contributed by atoms with Crippen LogP contribution < -0.4 is 5.32 Å². The lowest BCUT2D eigenvalue weighted by atomic mass is 10.3. The first kappa shape index (κ1) is 18.8. The minimum absolute atomic E-state index is 0.105. The largest absolute Gasteiger partial charge is 0.477 e. The molecule has 2 aromatic rings. The highest BCUT2D eigenvalue weighted by molar-refractivity contribution is 7.99. The summed E-state index contributed by atoms with van der Waals surface area (Å²) in [5.74, 6) is -0.489. The van der Waals surface area contributed by atoms with E-state index < -0.39 is 5.97 Å². The van der Waals surface area contributed by atoms with E-state index in [0.29, 0.717) is 27.9 Å². The molecule has 0 aliphatic carbocycles. The Balaban J connectivity index is 1.84. The van der Waals surface area contributed by atoms with E-state index in [9.17, 15) is 9.59 Å². The summed E-state index contributed by atoms with van der Waals surface area (Å²) in [6.45, 7) is 3.45. The topological polar surface area (TPSA) is 79.3 Å². The summed E-state index contributed by atoms with van der Waals surface area (Å²) >= 11 is 8.69. The summed E-state index contributed by atoms with van der Waals surface area (Å²) in [5.41, 5.74) is 0.470. The van der Waals surface area contributed by atoms with E-state index in [2.05, 4.69) is 10.3 Å². The number of carboxylic acid groups (broad SMARTS) is 1. The fraction of sp³-hybridized carbons (Fsp3) is 0.312. The van der Waals surface area contributed by atoms with Crippen molar-refractivity contribution in [1.29, 1.82) is 0 Å². The smallest absolute Gasteiger partial charge is 0.347 e. The molecule has 1 aromatic carbocycles. The summed E-state index contributed by atoms with van der Waals surface area (Å²) in [6, 6.07) is 7.18. The van der Waals surface area contributed by atoms with E-state index in [1.54, 1.807) is 13.8 Å². The van der Waals surface area contributed by atoms with Gasteiger partial charge in [-0.25, -0.2) is 9.78 Å². The third kappa shape index (κ3) is 4.96. The molecule has 0 saturated heterocycles. The Labute approximate surface area is 153 Å². The van der Waals surface area contributed by atoms with Gasteiger partial charge in [-0.15, -0.1) is 23.1 Å². The highest BCUT2D eigenvalue weighted by Crippen LogP contribution is 2.27. The fourth-order valence-corrected chi connectivity index (χ4v) is 4.09. The summed E-state index contributed by atoms with van der Waals surface area (Å²) in [7, 11) is 0. The lowest BCUT2D eigenvalue weighted by Crippen LogP contribution is -2.26. The summed E-state index contributed by atoms with van der Waals surface area (Å²) in [6.07, 6.45) is 0.344. The molecule has 0 aliphatic rings. The van der Waals surface area contributed by atoms with Crippen molar-refractivity contribution < 1.29 is 14.7 Å². The number of carbonyl (C=O) groups is 2. The molecule has 0 bridgehead atoms. The van der Waals surface area contributed by atoms with Crippen molar-refractivity contribution in [2.45, 2.75) is 31.2 Å². The maximum absolute atomic E-state index is 12.0. The number of nitrogens with zero attached hydrogens (tertiary/aromatic N) is 1. The Morgan fingerprint density at radius 1 is 1.42 bits per heavy atom. The van der Waals surface area contributed by atoms with Gasteiger partial charge < -0.3 is 10.4 Å². The number of amides is 1. The van der Waals surface area contributed by atoms with E-state index in [1.807, 2.05) is 24.3 Å². The van der Waals surface area contributed by atoms with Gasteiger partial charge in [-0.05, 0) is 26.0 Å². The molecule has 0 spiro atoms. The molecular weight excluding hydrogens is 368 g/mol. The molecule has 1 aromatic heterocycles. The van der Waals surface area contributed by atoms with E-state index in [1.165, 1.54) is 11.8 Å². The first-order chi connectivity index (χ1) is 11.4. The monoisotopic (exact) mass is 384 g/mol. The van der Waals surface area contributed by atoms with Crippen molar-refractivity contribution in [3.8, 4) is 0 Å². The van der Waals surface area contributed by atoms with Crippen LogP contribution in [0.3, 0.4) is 0 Å². The second-order valence-corrected chi connectivity index (χ2v) is 7.66. The normalized spacial score (nSPS) is 12.0. The maximum atomic E-state index is 12.0. The Bertz CT molecular complexity index is 749. The number of aromatic nitrogens is 1. The number of hydrogen-bond acceptors (Lipinski definition) is 5. The van der Waals surface area contributed by atoms with Gasteiger partial charge in [-0.3, -0.25) is 4.79 Å². The Morgan fingerprint density at radius 3 is 2.75 bits per heavy atom. The van der Waals surface area contributed by atoms with Gasteiger partial charge in [0.05, 0.1) is 16.8 Å². The summed E-state index contributed by atoms with van der Waals surface area (Å²) in [4.78, 5) is 28.5. The van der Waals surface area contributed by atoms with Crippen molar-refractivity contribution in [3.63, 3.8) is 0 Å². The molecule has 1 amide bonds. The van der Waals surface area contributed by atoms with Gasteiger partial charge in [0.2, 0.25) is 5.91 Å². The quantitative estimate of drug-likeness (QED) is 0.700. The molecule has 0 radical (unpaired) electrons. The number of halogens is 1. The van der Waals surface area contributed by atoms with Crippen molar-refractivity contribution in [2.24, 2.45) is 0 Å². The first-order valence-corrected chi connectivity index (χ1v) is 9.43. The second kappa shape index (κ2) is 8.50. The third-order valence-electron chi connectivity index (χ3n) is 3.18. The molecule has 1 atom stereocenters. The number of aryl methyl sites for hydroxylation is 1. The molecule has 2 N–H and O–H groups in total. The number of rotatable bonds is 7. The van der Waals surface area contributed by atoms with Crippen LogP contribution in [-0.2, 0) is 4.79 Å². The van der Waals surface area contributed by atoms with Gasteiger partial charge >= 0.3 is 5.97 Å². The number of carboxylic acids is 1. The average molecular weight is 385 g/mol. The molecule has 5 nitrogen and oxygen atoms in total. The third-order valence-corrected chi connectivity index (χ3v) is 6.02. The number of thiazole rings is 1. The van der Waals surface area contributed by atoms with Gasteiger partial charge in [-0.2, -0.15) is 0 Å². The first-order valence-electron chi connectivity index (χ1n) is 7.25. The SMILES string of the molecule is Cc1nc(C(C)NC(=O)CCSc2ccccc2Cl)sc1C(=O)O. The molecule has 2 rings (SSSR count). The van der Waals surface area contributed by atoms with E-state index in [0.717, 1.165) is 16.2 Å². The number of benzene rings is 1. The van der Waals surface area contributed by atoms with E-state index in [4.69, 9.17) is 16.7 Å². The highest BCUT2D eigenvalue weighted by Gasteiger charge is 2.19. The summed E-state index contributed by atoms with van der Waals surface area (Å²) < 4.78 is 0. The lowest BCUT2D eigenvalue weighted by molar-refractivity contribution is -0.121. The van der Waals surface area contributed by atoms with Crippen molar-refractivity contribution in [3.05, 3.63) is 44.9 Å². The molecular formula is C16H17ClN2O3S2. The molecule has 0 fully saturated rings. The van der Waals surface area contributed by atoms with Gasteiger partial charge in [0.25, 0.3) is 0 Å². The van der Waals surface area contributed by atoms with Crippen LogP contribution in [-0.4, -0.2) is 27.7 Å². The van der Waals surface area contributed by atoms with Crippen molar-refractivity contribution >= 4 is 46.6 Å². The van der Waals surface area contributed by atoms with Gasteiger partial charge in [-0.1, -0.05) is 23.7 Å². The molecule has 0 aliphatic heterocycles. The van der Waals surface area contributed by atoms with Crippen LogP contribution in [0.15, 0.2) is 29.2 Å². The molecule has 128 valence electrons. The van der Waals surface area contributed by atoms with Crippen LogP contribution in [0.1, 0.15) is 39.8 Å². The summed E-state index contributed by atoms with van der Waals surface area (Å²) in [5, 5.41) is 13.2. The van der Waals surface area contributed by atoms with Crippen molar-refractivity contribution in [1.82, 2.24) is 10.3 Å². The highest BCUT2D eigenvalue weighted by atomic mass is 35.5. The minimum Gasteiger partial charge on any atom is -0.477 e. The van der Waals surface area contributed by atoms with Crippen LogP contribution in [0, 0.1) is 6.92 Å². The predicted molar refractivity (Wildman–Crippen MR) is 97.2 cm³/mol. The van der Waals surface area contributed by atoms with E-state index in [-0.39, 0.29) is 16.8 Å². The minimum atomic E-state index is -0.995. The molecule has 1 heterocycles. The zero-order valence-corrected chi connectivity index (χ0v) is 15.6. The second-order valence-electron chi connectivity index (χ2n) is 5.09. The molecule has 0 saturated carbocycles. The standard InChI is InChI=1S/C16H17ClN2O3S2/c1-9-14(16(21)22)24-15(19-9)10(2)18-13(20)7-8-23-12-6-4-3-5-11(12)17/h3-6,10H,7-8H2,1-2H3,(H,18,20)(H,21,22). The van der Waals surface area contributed by atoms with Crippen LogP contribution in [0.5, 0.6) is 0 Å². The number of aromatic carboxylic acids is 1. The van der Waals surface area contributed by atoms with Crippen molar-refractivity contribution in [2.75, 3.05) is 5.75 Å². The zero-order chi connectivity index (χ0) is 17.7. The van der Waals surface area contributed by atoms with Gasteiger partial charge in [0, 0.05) is 17.1 Å². The van der Waals surface area contributed by atoms with E-state index >= 15 is 0 Å². The molecule has 24 heavy (non-hydrogen) atoms. The Hall–Kier alpha value is -1.57. The van der Waals surface area contributed by atoms with Crippen LogP contribution in [0.25, 0.3) is 0 Å². The lowest BCUT2D eigenvalue weighted by Gasteiger charge is -2.11. The number of nitrogens with one attached hydrogen (secondary N) is 1. The van der Waals surface area contributed by atoms with Crippen LogP contribution >= 0.6 is 34.7 Å². The van der Waals surface area contributed by atoms with Gasteiger partial charge in [0.15, 0.2) is 0 Å². The molecule has 8 heteroatoms. The fourth-order valence-electron chi connectivity index (χ4n) is 1.99. The maximum Gasteiger partial charge on any atom is 0.347 e. The van der Waals surface area contributed by atoms with Gasteiger partial charge in [0.1, 0.15) is 9.88 Å². The van der Waals surface area contributed by atoms with Crippen LogP contribution in [0.2, 0.25) is 5.02 Å². The van der Waals surface area contributed by atoms with Crippen LogP contribution in [0.4, 0.5) is 0 Å². The Morgan fingerprint density at radius 2 is 2.12 bits per heavy atom. The number of thioether (sulfide) groups is 1. The zero-order valence-electron chi connectivity index (χ0n) is 13.2. The predicted octanol–water partition coefficient (Wildman–Crippen LogP) is 4.16. The number of carbonyl (C=O) groups excluding carboxylic acids is 1.